The van der Waals surface area contributed by atoms with Crippen molar-refractivity contribution in [1.29, 1.82) is 0 Å². The van der Waals surface area contributed by atoms with Crippen LogP contribution >= 0.6 is 0 Å². The number of rotatable bonds is 0. The molecule has 0 radical (unpaired) electrons. The maximum Gasteiger partial charge on any atom is 1.00 e. The first-order chi connectivity index (χ1) is 2.27. The third kappa shape index (κ3) is 19.6. The summed E-state index contributed by atoms with van der Waals surface area (Å²) in [6.45, 7) is 6.20. The smallest absolute Gasteiger partial charge is 1.00 e. The first-order valence-electron chi connectivity index (χ1n) is 1.87. The third-order valence-electron chi connectivity index (χ3n) is 0.577. The van der Waals surface area contributed by atoms with E-state index in [0.29, 0.717) is 0 Å². The van der Waals surface area contributed by atoms with Crippen LogP contribution in [0.15, 0.2) is 11.6 Å². The Morgan fingerprint density at radius 3 is 1.43 bits per heavy atom. The van der Waals surface area contributed by atoms with Gasteiger partial charge >= 0.3 is 37.7 Å². The molecule has 0 spiro atoms. The molecule has 0 fully saturated rings. The van der Waals surface area contributed by atoms with Gasteiger partial charge in [-0.2, -0.15) is 0 Å². The van der Waals surface area contributed by atoms with Crippen molar-refractivity contribution in [3.05, 3.63) is 11.6 Å². The van der Waals surface area contributed by atoms with Crippen molar-refractivity contribution < 1.29 is 40.6 Å². The van der Waals surface area contributed by atoms with E-state index < -0.39 is 0 Å². The minimum Gasteiger partial charge on any atom is -1.00 e. The van der Waals surface area contributed by atoms with Crippen molar-refractivity contribution >= 4 is 0 Å². The summed E-state index contributed by atoms with van der Waals surface area (Å²) < 4.78 is 0. The first-order valence-corrected chi connectivity index (χ1v) is 1.87. The summed E-state index contributed by atoms with van der Waals surface area (Å²) in [5.41, 5.74) is 1.38. The van der Waals surface area contributed by atoms with E-state index in [1.165, 1.54) is 5.57 Å². The van der Waals surface area contributed by atoms with Gasteiger partial charge in [-0.15, -0.1) is 0 Å². The summed E-state index contributed by atoms with van der Waals surface area (Å²) in [7, 11) is 0. The minimum absolute atomic E-state index is 0. The zero-order valence-electron chi connectivity index (χ0n) is 8.08. The zero-order valence-corrected chi connectivity index (χ0v) is 6.08. The molecule has 0 atom stereocenters. The van der Waals surface area contributed by atoms with Crippen LogP contribution in [-0.2, 0) is 0 Å². The van der Waals surface area contributed by atoms with Crippen LogP contribution in [0, 0.1) is 0 Å². The largest absolute Gasteiger partial charge is 1.00 e. The van der Waals surface area contributed by atoms with Gasteiger partial charge in [0.15, 0.2) is 0 Å². The van der Waals surface area contributed by atoms with Gasteiger partial charge in [0.05, 0.1) is 0 Å². The average Bonchev–Trinajstić information content (AvgIpc) is 1.38. The van der Waals surface area contributed by atoms with Gasteiger partial charge in [0.1, 0.15) is 0 Å². The monoisotopic (exact) mass is 86.1 g/mol. The van der Waals surface area contributed by atoms with Gasteiger partial charge in [-0.1, -0.05) is 11.6 Å². The molecule has 0 unspecified atom stereocenters. The molecule has 0 saturated heterocycles. The summed E-state index contributed by atoms with van der Waals surface area (Å²) in [4.78, 5) is 0. The molecule has 0 aromatic rings. The second-order valence-electron chi connectivity index (χ2n) is 1.37. The molecular formula is C5H12Li2. The van der Waals surface area contributed by atoms with Crippen molar-refractivity contribution in [2.45, 2.75) is 20.8 Å². The van der Waals surface area contributed by atoms with Crippen molar-refractivity contribution in [1.82, 2.24) is 0 Å². The topological polar surface area (TPSA) is 0 Å². The summed E-state index contributed by atoms with van der Waals surface area (Å²) in [5, 5.41) is 0. The predicted octanol–water partition coefficient (Wildman–Crippen LogP) is -3.79. The fraction of sp³-hybridized carbons (Fsp3) is 0.600. The molecule has 0 heterocycles. The third-order valence-corrected chi connectivity index (χ3v) is 0.577. The second kappa shape index (κ2) is 10.0. The van der Waals surface area contributed by atoms with Crippen LogP contribution < -0.4 is 37.7 Å². The Morgan fingerprint density at radius 2 is 1.43 bits per heavy atom. The molecular weight excluding hydrogens is 73.9 g/mol. The van der Waals surface area contributed by atoms with E-state index in [1.807, 2.05) is 6.92 Å². The molecule has 7 heavy (non-hydrogen) atoms. The van der Waals surface area contributed by atoms with E-state index in [1.54, 1.807) is 0 Å². The number of hydrogen-bond acceptors (Lipinski definition) is 0. The Kier molecular flexibility index (Phi) is 22.5. The quantitative estimate of drug-likeness (QED) is 0.209. The Morgan fingerprint density at radius 1 is 1.29 bits per heavy atom. The van der Waals surface area contributed by atoms with E-state index in [-0.39, 0.29) is 40.6 Å². The molecule has 0 aliphatic heterocycles. The standard InChI is InChI=1S/C5H10.2Li.2H/c1-4-5(2)3;;;;/h4H,1-3H3;;;;/q;2*+1;2*-1. The average molecular weight is 86.0 g/mol. The fourth-order valence-electron chi connectivity index (χ4n) is 0. The molecule has 0 nitrogen and oxygen atoms in total. The van der Waals surface area contributed by atoms with E-state index in [9.17, 15) is 0 Å². The molecule has 0 bridgehead atoms. The molecule has 2 heteroatoms. The maximum atomic E-state index is 2.08. The van der Waals surface area contributed by atoms with Crippen molar-refractivity contribution in [2.24, 2.45) is 0 Å². The van der Waals surface area contributed by atoms with Crippen LogP contribution in [0.3, 0.4) is 0 Å². The SMILES string of the molecule is CC=C(C)C.[H-].[H-].[Li+].[Li+]. The molecule has 0 aromatic carbocycles. The van der Waals surface area contributed by atoms with E-state index >= 15 is 0 Å². The van der Waals surface area contributed by atoms with Gasteiger partial charge in [-0.3, -0.25) is 0 Å². The Hall–Kier alpha value is 0.935. The molecule has 0 aliphatic rings. The van der Waals surface area contributed by atoms with E-state index in [2.05, 4.69) is 19.9 Å². The molecule has 0 N–H and O–H groups in total. The molecule has 0 amide bonds. The summed E-state index contributed by atoms with van der Waals surface area (Å²) in [5.74, 6) is 0. The van der Waals surface area contributed by atoms with Gasteiger partial charge in [0.25, 0.3) is 0 Å². The normalized spacial score (nSPS) is 5.00. The van der Waals surface area contributed by atoms with Crippen molar-refractivity contribution in [3.8, 4) is 0 Å². The van der Waals surface area contributed by atoms with Gasteiger partial charge in [0.2, 0.25) is 0 Å². The van der Waals surface area contributed by atoms with Crippen LogP contribution in [0.1, 0.15) is 23.6 Å². The van der Waals surface area contributed by atoms with Gasteiger partial charge < -0.3 is 2.85 Å². The zero-order chi connectivity index (χ0) is 4.28. The van der Waals surface area contributed by atoms with Gasteiger partial charge in [0, 0.05) is 0 Å². The summed E-state index contributed by atoms with van der Waals surface area (Å²) >= 11 is 0. The van der Waals surface area contributed by atoms with Gasteiger partial charge in [-0.25, -0.2) is 0 Å². The molecule has 0 saturated carbocycles. The first kappa shape index (κ1) is 15.7. The van der Waals surface area contributed by atoms with E-state index in [4.69, 9.17) is 0 Å². The summed E-state index contributed by atoms with van der Waals surface area (Å²) in [6.07, 6.45) is 2.08. The van der Waals surface area contributed by atoms with Crippen LogP contribution in [-0.4, -0.2) is 0 Å². The van der Waals surface area contributed by atoms with Crippen molar-refractivity contribution in [3.63, 3.8) is 0 Å². The molecule has 0 aliphatic carbocycles. The van der Waals surface area contributed by atoms with Gasteiger partial charge in [-0.05, 0) is 20.8 Å². The van der Waals surface area contributed by atoms with E-state index in [0.717, 1.165) is 0 Å². The van der Waals surface area contributed by atoms with Crippen LogP contribution in [0.4, 0.5) is 0 Å². The molecule has 34 valence electrons. The minimum atomic E-state index is 0. The molecule has 0 aromatic heterocycles. The fourth-order valence-corrected chi connectivity index (χ4v) is 0. The van der Waals surface area contributed by atoms with Crippen LogP contribution in [0.2, 0.25) is 0 Å². The number of allylic oxidation sites excluding steroid dienone is 2. The van der Waals surface area contributed by atoms with Crippen molar-refractivity contribution in [2.75, 3.05) is 0 Å². The predicted molar refractivity (Wildman–Crippen MR) is 27.3 cm³/mol. The Bertz CT molecular complexity index is 50.9. The maximum absolute atomic E-state index is 2.08. The Labute approximate surface area is 73.1 Å². The van der Waals surface area contributed by atoms with Crippen LogP contribution in [0.25, 0.3) is 0 Å². The number of hydrogen-bond donors (Lipinski definition) is 0. The summed E-state index contributed by atoms with van der Waals surface area (Å²) in [6, 6.07) is 0. The second-order valence-corrected chi connectivity index (χ2v) is 1.37. The Balaban J connectivity index is -0.0000000133. The molecule has 0 rings (SSSR count). The van der Waals surface area contributed by atoms with Crippen LogP contribution in [0.5, 0.6) is 0 Å².